The number of nitrogens with two attached hydrogens (primary N) is 1. The van der Waals surface area contributed by atoms with Gasteiger partial charge in [-0.1, -0.05) is 29.3 Å². The second kappa shape index (κ2) is 9.05. The molecule has 0 unspecified atom stereocenters. The average molecular weight is 390 g/mol. The molecule has 0 radical (unpaired) electrons. The number of anilines is 2. The fraction of sp³-hybridized carbons (Fsp3) is 0.211. The molecule has 0 aliphatic rings. The smallest absolute Gasteiger partial charge is 0.340 e. The summed E-state index contributed by atoms with van der Waals surface area (Å²) in [6.45, 7) is 1.26. The predicted molar refractivity (Wildman–Crippen MR) is 104 cm³/mol. The Balaban J connectivity index is 1.83. The molecule has 142 valence electrons. The standard InChI is InChI=1S/C19H20ClN3O4/c1-12-3-6-14(7-4-12)22-17(24)10-23(2)18(25)11-27-19(26)15-8-5-13(20)9-16(15)21/h3-9H,10-11,21H2,1-2H3,(H,22,24). The number of carbonyl (C=O) groups excluding carboxylic acids is 3. The van der Waals surface area contributed by atoms with Crippen molar-refractivity contribution in [1.82, 2.24) is 4.90 Å². The van der Waals surface area contributed by atoms with Crippen LogP contribution >= 0.6 is 11.6 Å². The minimum Gasteiger partial charge on any atom is -0.452 e. The minimum atomic E-state index is -0.741. The maximum absolute atomic E-state index is 12.1. The van der Waals surface area contributed by atoms with E-state index in [-0.39, 0.29) is 23.7 Å². The highest BCUT2D eigenvalue weighted by atomic mass is 35.5. The van der Waals surface area contributed by atoms with Crippen LogP contribution in [0.1, 0.15) is 15.9 Å². The highest BCUT2D eigenvalue weighted by Crippen LogP contribution is 2.18. The lowest BCUT2D eigenvalue weighted by atomic mass is 10.2. The molecule has 0 saturated heterocycles. The van der Waals surface area contributed by atoms with Crippen molar-refractivity contribution < 1.29 is 19.1 Å². The molecule has 8 heteroatoms. The lowest BCUT2D eigenvalue weighted by molar-refractivity contribution is -0.136. The number of halogens is 1. The second-order valence-electron chi connectivity index (χ2n) is 5.97. The highest BCUT2D eigenvalue weighted by molar-refractivity contribution is 6.31. The van der Waals surface area contributed by atoms with Crippen LogP contribution in [0.2, 0.25) is 5.02 Å². The van der Waals surface area contributed by atoms with Gasteiger partial charge in [-0.3, -0.25) is 9.59 Å². The number of hydrogen-bond acceptors (Lipinski definition) is 5. The number of carbonyl (C=O) groups is 3. The summed E-state index contributed by atoms with van der Waals surface area (Å²) in [6, 6.07) is 11.6. The van der Waals surface area contributed by atoms with Gasteiger partial charge in [0.25, 0.3) is 5.91 Å². The van der Waals surface area contributed by atoms with Gasteiger partial charge in [-0.25, -0.2) is 4.79 Å². The summed E-state index contributed by atoms with van der Waals surface area (Å²) in [5.74, 6) is -1.62. The maximum Gasteiger partial charge on any atom is 0.340 e. The monoisotopic (exact) mass is 389 g/mol. The van der Waals surface area contributed by atoms with Crippen LogP contribution in [-0.2, 0) is 14.3 Å². The van der Waals surface area contributed by atoms with Gasteiger partial charge in [0.05, 0.1) is 12.1 Å². The summed E-state index contributed by atoms with van der Waals surface area (Å²) >= 11 is 5.77. The van der Waals surface area contributed by atoms with E-state index in [2.05, 4.69) is 5.32 Å². The third-order valence-electron chi connectivity index (χ3n) is 3.70. The Hall–Kier alpha value is -3.06. The number of nitrogens with one attached hydrogen (secondary N) is 1. The van der Waals surface area contributed by atoms with Crippen molar-refractivity contribution in [3.8, 4) is 0 Å². The van der Waals surface area contributed by atoms with Crippen LogP contribution in [0, 0.1) is 6.92 Å². The zero-order chi connectivity index (χ0) is 20.0. The Kier molecular flexibility index (Phi) is 6.79. The first-order valence-electron chi connectivity index (χ1n) is 8.09. The quantitative estimate of drug-likeness (QED) is 0.583. The third kappa shape index (κ3) is 6.00. The molecule has 0 bridgehead atoms. The van der Waals surface area contributed by atoms with Crippen LogP contribution in [-0.4, -0.2) is 42.9 Å². The van der Waals surface area contributed by atoms with E-state index < -0.39 is 18.5 Å². The third-order valence-corrected chi connectivity index (χ3v) is 3.94. The van der Waals surface area contributed by atoms with Gasteiger partial charge >= 0.3 is 5.97 Å². The molecule has 2 amide bonds. The van der Waals surface area contributed by atoms with Crippen molar-refractivity contribution in [2.45, 2.75) is 6.92 Å². The normalized spacial score (nSPS) is 10.2. The van der Waals surface area contributed by atoms with E-state index in [9.17, 15) is 14.4 Å². The Labute approximate surface area is 162 Å². The summed E-state index contributed by atoms with van der Waals surface area (Å²) in [5, 5.41) is 3.08. The molecule has 0 aromatic heterocycles. The fourth-order valence-corrected chi connectivity index (χ4v) is 2.36. The summed E-state index contributed by atoms with van der Waals surface area (Å²) in [5.41, 5.74) is 7.69. The van der Waals surface area contributed by atoms with Crippen LogP contribution in [0.5, 0.6) is 0 Å². The topological polar surface area (TPSA) is 102 Å². The fourth-order valence-electron chi connectivity index (χ4n) is 2.18. The first-order chi connectivity index (χ1) is 12.8. The summed E-state index contributed by atoms with van der Waals surface area (Å²) in [7, 11) is 1.45. The van der Waals surface area contributed by atoms with Crippen molar-refractivity contribution in [1.29, 1.82) is 0 Å². The highest BCUT2D eigenvalue weighted by Gasteiger charge is 2.17. The Morgan fingerprint density at radius 3 is 2.44 bits per heavy atom. The molecule has 7 nitrogen and oxygen atoms in total. The van der Waals surface area contributed by atoms with E-state index in [1.165, 1.54) is 30.1 Å². The van der Waals surface area contributed by atoms with Gasteiger partial charge in [0.2, 0.25) is 5.91 Å². The largest absolute Gasteiger partial charge is 0.452 e. The van der Waals surface area contributed by atoms with Crippen molar-refractivity contribution in [2.24, 2.45) is 0 Å². The Morgan fingerprint density at radius 2 is 1.81 bits per heavy atom. The van der Waals surface area contributed by atoms with Crippen LogP contribution in [0.3, 0.4) is 0 Å². The number of nitrogen functional groups attached to an aromatic ring is 1. The molecule has 0 fully saturated rings. The molecule has 2 aromatic carbocycles. The second-order valence-corrected chi connectivity index (χ2v) is 6.41. The first kappa shape index (κ1) is 20.3. The molecule has 0 aliphatic carbocycles. The molecule has 2 aromatic rings. The summed E-state index contributed by atoms with van der Waals surface area (Å²) < 4.78 is 4.96. The van der Waals surface area contributed by atoms with Crippen LogP contribution in [0.25, 0.3) is 0 Å². The van der Waals surface area contributed by atoms with Crippen molar-refractivity contribution in [3.05, 3.63) is 58.6 Å². The summed E-state index contributed by atoms with van der Waals surface area (Å²) in [4.78, 5) is 37.2. The lowest BCUT2D eigenvalue weighted by Gasteiger charge is -2.17. The van der Waals surface area contributed by atoms with Crippen LogP contribution in [0.15, 0.2) is 42.5 Å². The number of esters is 1. The molecule has 3 N–H and O–H groups in total. The van der Waals surface area contributed by atoms with Gasteiger partial charge in [-0.05, 0) is 37.3 Å². The number of likely N-dealkylation sites (N-methyl/N-ethyl adjacent to an activating group) is 1. The van der Waals surface area contributed by atoms with Gasteiger partial charge < -0.3 is 20.7 Å². The van der Waals surface area contributed by atoms with E-state index >= 15 is 0 Å². The number of hydrogen-bond donors (Lipinski definition) is 2. The SMILES string of the molecule is Cc1ccc(NC(=O)CN(C)C(=O)COC(=O)c2ccc(Cl)cc2N)cc1. The van der Waals surface area contributed by atoms with Gasteiger partial charge in [-0.15, -0.1) is 0 Å². The molecule has 0 heterocycles. The van der Waals surface area contributed by atoms with Gasteiger partial charge in [-0.2, -0.15) is 0 Å². The molecule has 0 spiro atoms. The number of nitrogens with zero attached hydrogens (tertiary/aromatic N) is 1. The van der Waals surface area contributed by atoms with Crippen molar-refractivity contribution in [2.75, 3.05) is 31.2 Å². The molecule has 2 rings (SSSR count). The number of benzene rings is 2. The zero-order valence-corrected chi connectivity index (χ0v) is 15.7. The molecule has 0 atom stereocenters. The van der Waals surface area contributed by atoms with Gasteiger partial charge in [0.1, 0.15) is 0 Å². The summed E-state index contributed by atoms with van der Waals surface area (Å²) in [6.07, 6.45) is 0. The predicted octanol–water partition coefficient (Wildman–Crippen LogP) is 2.48. The Morgan fingerprint density at radius 1 is 1.15 bits per heavy atom. The van der Waals surface area contributed by atoms with E-state index in [0.29, 0.717) is 10.7 Å². The van der Waals surface area contributed by atoms with E-state index in [1.54, 1.807) is 12.1 Å². The molecule has 27 heavy (non-hydrogen) atoms. The van der Waals surface area contributed by atoms with E-state index in [1.807, 2.05) is 19.1 Å². The molecular weight excluding hydrogens is 370 g/mol. The molecular formula is C19H20ClN3O4. The number of ether oxygens (including phenoxy) is 1. The number of aryl methyl sites for hydroxylation is 1. The average Bonchev–Trinajstić information content (AvgIpc) is 2.61. The zero-order valence-electron chi connectivity index (χ0n) is 15.0. The lowest BCUT2D eigenvalue weighted by Crippen LogP contribution is -2.37. The van der Waals surface area contributed by atoms with E-state index in [4.69, 9.17) is 22.1 Å². The van der Waals surface area contributed by atoms with Gasteiger partial charge in [0, 0.05) is 23.4 Å². The molecule has 0 aliphatic heterocycles. The number of amides is 2. The van der Waals surface area contributed by atoms with Gasteiger partial charge in [0.15, 0.2) is 6.61 Å². The van der Waals surface area contributed by atoms with E-state index in [0.717, 1.165) is 5.56 Å². The first-order valence-corrected chi connectivity index (χ1v) is 8.46. The van der Waals surface area contributed by atoms with Crippen molar-refractivity contribution >= 4 is 40.8 Å². The number of rotatable bonds is 6. The molecule has 0 saturated carbocycles. The van der Waals surface area contributed by atoms with Crippen LogP contribution < -0.4 is 11.1 Å². The van der Waals surface area contributed by atoms with Crippen LogP contribution in [0.4, 0.5) is 11.4 Å². The minimum absolute atomic E-state index is 0.118. The maximum atomic E-state index is 12.1. The van der Waals surface area contributed by atoms with Crippen molar-refractivity contribution in [3.63, 3.8) is 0 Å². The Bertz CT molecular complexity index is 853.